The Kier molecular flexibility index (Phi) is 4.66. The number of anilines is 1. The lowest BCUT2D eigenvalue weighted by molar-refractivity contribution is 0.0477. The van der Waals surface area contributed by atoms with E-state index in [2.05, 4.69) is 40.0 Å². The summed E-state index contributed by atoms with van der Waals surface area (Å²) < 4.78 is 1.18. The molecule has 5 nitrogen and oxygen atoms in total. The van der Waals surface area contributed by atoms with Gasteiger partial charge in [-0.25, -0.2) is 9.97 Å². The zero-order valence-corrected chi connectivity index (χ0v) is 17.9. The second-order valence-corrected chi connectivity index (χ2v) is 9.07. The van der Waals surface area contributed by atoms with Crippen LogP contribution in [-0.4, -0.2) is 26.8 Å². The van der Waals surface area contributed by atoms with Crippen molar-refractivity contribution in [3.8, 4) is 0 Å². The van der Waals surface area contributed by atoms with Crippen LogP contribution in [0.25, 0.3) is 21.1 Å². The molecular formula is C24H24N4OS. The van der Waals surface area contributed by atoms with Crippen LogP contribution in [0.15, 0.2) is 48.0 Å². The first kappa shape index (κ1) is 19.0. The molecule has 152 valence electrons. The number of likely N-dealkylation sites (tertiary alicyclic amines) is 1. The first-order chi connectivity index (χ1) is 14.5. The SMILES string of the molecule is Cc1cc2cc(C(=O)N3C(C)CCCC3c3ccc4scnc4c3)ccc2nc1N. The Labute approximate surface area is 179 Å². The Morgan fingerprint density at radius 3 is 2.87 bits per heavy atom. The molecule has 5 rings (SSSR count). The molecule has 2 aromatic heterocycles. The number of carbonyl (C=O) groups is 1. The third-order valence-electron chi connectivity index (χ3n) is 6.18. The van der Waals surface area contributed by atoms with Crippen LogP contribution in [0.4, 0.5) is 5.82 Å². The van der Waals surface area contributed by atoms with Crippen LogP contribution in [0.3, 0.4) is 0 Å². The molecule has 0 radical (unpaired) electrons. The summed E-state index contributed by atoms with van der Waals surface area (Å²) in [7, 11) is 0. The van der Waals surface area contributed by atoms with Gasteiger partial charge in [0, 0.05) is 17.0 Å². The first-order valence-electron chi connectivity index (χ1n) is 10.3. The number of piperidine rings is 1. The minimum atomic E-state index is 0.0642. The summed E-state index contributed by atoms with van der Waals surface area (Å²) in [5.74, 6) is 0.602. The number of nitrogens with zero attached hydrogens (tertiary/aromatic N) is 3. The van der Waals surface area contributed by atoms with Crippen LogP contribution >= 0.6 is 11.3 Å². The molecule has 1 amide bonds. The molecule has 30 heavy (non-hydrogen) atoms. The molecule has 3 heterocycles. The van der Waals surface area contributed by atoms with Crippen molar-refractivity contribution < 1.29 is 4.79 Å². The number of hydrogen-bond donors (Lipinski definition) is 1. The van der Waals surface area contributed by atoms with E-state index in [1.807, 2.05) is 36.7 Å². The highest BCUT2D eigenvalue weighted by Crippen LogP contribution is 2.37. The van der Waals surface area contributed by atoms with Crippen LogP contribution in [0.2, 0.25) is 0 Å². The smallest absolute Gasteiger partial charge is 0.254 e. The molecular weight excluding hydrogens is 392 g/mol. The molecule has 2 aromatic carbocycles. The normalized spacial score (nSPS) is 19.5. The Morgan fingerprint density at radius 2 is 2.00 bits per heavy atom. The Balaban J connectivity index is 1.54. The van der Waals surface area contributed by atoms with Crippen molar-refractivity contribution >= 4 is 44.2 Å². The molecule has 0 aliphatic carbocycles. The second-order valence-electron chi connectivity index (χ2n) is 8.19. The van der Waals surface area contributed by atoms with Gasteiger partial charge < -0.3 is 10.6 Å². The Morgan fingerprint density at radius 1 is 1.13 bits per heavy atom. The van der Waals surface area contributed by atoms with Crippen LogP contribution in [0.5, 0.6) is 0 Å². The van der Waals surface area contributed by atoms with Gasteiger partial charge in [-0.2, -0.15) is 0 Å². The first-order valence-corrected chi connectivity index (χ1v) is 11.2. The summed E-state index contributed by atoms with van der Waals surface area (Å²) in [6, 6.07) is 14.4. The van der Waals surface area contributed by atoms with Gasteiger partial charge in [0.15, 0.2) is 0 Å². The van der Waals surface area contributed by atoms with Crippen molar-refractivity contribution in [1.82, 2.24) is 14.9 Å². The van der Waals surface area contributed by atoms with E-state index in [1.54, 1.807) is 11.3 Å². The third kappa shape index (κ3) is 3.21. The molecule has 0 spiro atoms. The summed E-state index contributed by atoms with van der Waals surface area (Å²) in [6.45, 7) is 4.09. The van der Waals surface area contributed by atoms with Crippen molar-refractivity contribution in [1.29, 1.82) is 0 Å². The summed E-state index contributed by atoms with van der Waals surface area (Å²) in [6.07, 6.45) is 3.10. The lowest BCUT2D eigenvalue weighted by atomic mass is 9.90. The number of aryl methyl sites for hydroxylation is 1. The van der Waals surface area contributed by atoms with E-state index in [0.717, 1.165) is 41.2 Å². The Hall–Kier alpha value is -2.99. The highest BCUT2D eigenvalue weighted by Gasteiger charge is 2.33. The fraction of sp³-hybridized carbons (Fsp3) is 0.292. The van der Waals surface area contributed by atoms with Crippen LogP contribution in [0.1, 0.15) is 53.7 Å². The van der Waals surface area contributed by atoms with Crippen LogP contribution in [0, 0.1) is 6.92 Å². The van der Waals surface area contributed by atoms with Gasteiger partial charge in [-0.1, -0.05) is 6.07 Å². The van der Waals surface area contributed by atoms with Gasteiger partial charge >= 0.3 is 0 Å². The molecule has 6 heteroatoms. The number of carbonyl (C=O) groups excluding carboxylic acids is 1. The maximum absolute atomic E-state index is 13.7. The fourth-order valence-electron chi connectivity index (χ4n) is 4.52. The van der Waals surface area contributed by atoms with Crippen molar-refractivity contribution in [3.05, 3.63) is 64.7 Å². The topological polar surface area (TPSA) is 72.1 Å². The molecule has 0 bridgehead atoms. The maximum atomic E-state index is 13.7. The molecule has 1 saturated heterocycles. The van der Waals surface area contributed by atoms with Gasteiger partial charge in [0.1, 0.15) is 5.82 Å². The molecule has 2 atom stereocenters. The predicted octanol–water partition coefficient (Wildman–Crippen LogP) is 5.49. The number of aromatic nitrogens is 2. The summed E-state index contributed by atoms with van der Waals surface area (Å²) in [4.78, 5) is 24.6. The number of amides is 1. The molecule has 2 N–H and O–H groups in total. The molecule has 2 unspecified atom stereocenters. The van der Waals surface area contributed by atoms with Gasteiger partial charge in [-0.05, 0) is 80.6 Å². The third-order valence-corrected chi connectivity index (χ3v) is 6.99. The standard InChI is InChI=1S/C24H24N4OS/c1-14-10-18-11-17(6-8-19(18)27-23(14)25)24(29)28-15(2)4-3-5-21(28)16-7-9-22-20(12-16)26-13-30-22/h6-13,15,21H,3-5H2,1-2H3,(H2,25,27). The van der Waals surface area contributed by atoms with Crippen molar-refractivity contribution in [2.24, 2.45) is 0 Å². The van der Waals surface area contributed by atoms with Crippen LogP contribution in [-0.2, 0) is 0 Å². The van der Waals surface area contributed by atoms with E-state index in [0.29, 0.717) is 11.4 Å². The van der Waals surface area contributed by atoms with E-state index in [1.165, 1.54) is 10.3 Å². The van der Waals surface area contributed by atoms with E-state index in [-0.39, 0.29) is 18.0 Å². The number of rotatable bonds is 2. The molecule has 1 fully saturated rings. The quantitative estimate of drug-likeness (QED) is 0.469. The largest absolute Gasteiger partial charge is 0.383 e. The summed E-state index contributed by atoms with van der Waals surface area (Å²) in [5.41, 5.74) is 12.4. The molecule has 4 aromatic rings. The van der Waals surface area contributed by atoms with Gasteiger partial charge in [0.25, 0.3) is 5.91 Å². The average molecular weight is 417 g/mol. The predicted molar refractivity (Wildman–Crippen MR) is 123 cm³/mol. The lowest BCUT2D eigenvalue weighted by Gasteiger charge is -2.41. The minimum absolute atomic E-state index is 0.0642. The average Bonchev–Trinajstić information content (AvgIpc) is 3.21. The fourth-order valence-corrected chi connectivity index (χ4v) is 5.18. The number of hydrogen-bond acceptors (Lipinski definition) is 5. The zero-order chi connectivity index (χ0) is 20.8. The van der Waals surface area contributed by atoms with E-state index < -0.39 is 0 Å². The van der Waals surface area contributed by atoms with E-state index in [9.17, 15) is 4.79 Å². The highest BCUT2D eigenvalue weighted by atomic mass is 32.1. The zero-order valence-electron chi connectivity index (χ0n) is 17.1. The van der Waals surface area contributed by atoms with Gasteiger partial charge in [0.2, 0.25) is 0 Å². The molecule has 0 saturated carbocycles. The minimum Gasteiger partial charge on any atom is -0.383 e. The number of thiazole rings is 1. The van der Waals surface area contributed by atoms with Gasteiger partial charge in [-0.3, -0.25) is 4.79 Å². The highest BCUT2D eigenvalue weighted by molar-refractivity contribution is 7.16. The Bertz CT molecular complexity index is 1260. The summed E-state index contributed by atoms with van der Waals surface area (Å²) in [5, 5.41) is 0.942. The van der Waals surface area contributed by atoms with Gasteiger partial charge in [-0.15, -0.1) is 11.3 Å². The second kappa shape index (κ2) is 7.36. The maximum Gasteiger partial charge on any atom is 0.254 e. The van der Waals surface area contributed by atoms with Crippen molar-refractivity contribution in [3.63, 3.8) is 0 Å². The monoisotopic (exact) mass is 416 g/mol. The molecule has 1 aliphatic heterocycles. The molecule has 1 aliphatic rings. The number of benzene rings is 2. The number of nitrogen functional groups attached to an aromatic ring is 1. The number of nitrogens with two attached hydrogens (primary N) is 1. The van der Waals surface area contributed by atoms with Crippen LogP contribution < -0.4 is 5.73 Å². The number of pyridine rings is 1. The van der Waals surface area contributed by atoms with E-state index >= 15 is 0 Å². The lowest BCUT2D eigenvalue weighted by Crippen LogP contribution is -2.44. The van der Waals surface area contributed by atoms with Gasteiger partial charge in [0.05, 0.1) is 27.3 Å². The van der Waals surface area contributed by atoms with Crippen molar-refractivity contribution in [2.75, 3.05) is 5.73 Å². The summed E-state index contributed by atoms with van der Waals surface area (Å²) >= 11 is 1.64. The number of fused-ring (bicyclic) bond motifs is 2. The van der Waals surface area contributed by atoms with Crippen molar-refractivity contribution in [2.45, 2.75) is 45.2 Å². The van der Waals surface area contributed by atoms with E-state index in [4.69, 9.17) is 5.73 Å².